The number of ketones is 1. The predicted octanol–water partition coefficient (Wildman–Crippen LogP) is 1.45. The Bertz CT molecular complexity index is 424. The third kappa shape index (κ3) is 3.06. The van der Waals surface area contributed by atoms with Crippen molar-refractivity contribution in [3.05, 3.63) is 11.9 Å². The molecule has 0 aromatic carbocycles. The molecule has 0 radical (unpaired) electrons. The van der Waals surface area contributed by atoms with Crippen molar-refractivity contribution < 1.29 is 22.7 Å². The van der Waals surface area contributed by atoms with Gasteiger partial charge >= 0.3 is 6.18 Å². The first-order valence-electron chi connectivity index (χ1n) is 5.56. The Morgan fingerprint density at radius 1 is 1.44 bits per heavy atom. The number of ether oxygens (including phenoxy) is 1. The quantitative estimate of drug-likeness (QED) is 0.774. The molecule has 0 saturated carbocycles. The standard InChI is InChI=1S/C10H12F3N3O2/c11-10(12,13)9(17)8-6-16(15-14-8)5-7-1-3-18-4-2-7/h6-7H,1-5H2. The summed E-state index contributed by atoms with van der Waals surface area (Å²) in [7, 11) is 0. The first-order valence-corrected chi connectivity index (χ1v) is 5.56. The molecule has 2 rings (SSSR count). The molecule has 0 aliphatic carbocycles. The molecule has 0 N–H and O–H groups in total. The molecule has 8 heteroatoms. The highest BCUT2D eigenvalue weighted by atomic mass is 19.4. The van der Waals surface area contributed by atoms with Crippen molar-refractivity contribution >= 4 is 5.78 Å². The molecule has 0 bridgehead atoms. The topological polar surface area (TPSA) is 57.0 Å². The molecular weight excluding hydrogens is 251 g/mol. The molecule has 18 heavy (non-hydrogen) atoms. The maximum atomic E-state index is 12.2. The minimum atomic E-state index is -4.90. The Balaban J connectivity index is 1.99. The third-order valence-corrected chi connectivity index (χ3v) is 2.81. The molecule has 0 atom stereocenters. The zero-order chi connectivity index (χ0) is 13.2. The van der Waals surface area contributed by atoms with Crippen molar-refractivity contribution in [3.8, 4) is 0 Å². The number of halogens is 3. The third-order valence-electron chi connectivity index (χ3n) is 2.81. The van der Waals surface area contributed by atoms with Gasteiger partial charge in [-0.2, -0.15) is 13.2 Å². The fourth-order valence-corrected chi connectivity index (χ4v) is 1.83. The van der Waals surface area contributed by atoms with Gasteiger partial charge in [0.15, 0.2) is 5.69 Å². The lowest BCUT2D eigenvalue weighted by molar-refractivity contribution is -0.0888. The highest BCUT2D eigenvalue weighted by Crippen LogP contribution is 2.21. The van der Waals surface area contributed by atoms with Crippen LogP contribution in [0.3, 0.4) is 0 Å². The van der Waals surface area contributed by atoms with E-state index in [-0.39, 0.29) is 0 Å². The van der Waals surface area contributed by atoms with Gasteiger partial charge in [0.25, 0.3) is 5.78 Å². The molecular formula is C10H12F3N3O2. The van der Waals surface area contributed by atoms with Crippen molar-refractivity contribution in [2.45, 2.75) is 25.6 Å². The van der Waals surface area contributed by atoms with E-state index in [1.165, 1.54) is 4.68 Å². The van der Waals surface area contributed by atoms with Gasteiger partial charge in [-0.15, -0.1) is 5.10 Å². The summed E-state index contributed by atoms with van der Waals surface area (Å²) in [5, 5.41) is 6.81. The Morgan fingerprint density at radius 2 is 2.11 bits per heavy atom. The number of rotatable bonds is 3. The van der Waals surface area contributed by atoms with Crippen LogP contribution < -0.4 is 0 Å². The second-order valence-corrected chi connectivity index (χ2v) is 4.21. The van der Waals surface area contributed by atoms with Crippen LogP contribution in [0.4, 0.5) is 13.2 Å². The van der Waals surface area contributed by atoms with Crippen LogP contribution in [0.25, 0.3) is 0 Å². The number of aromatic nitrogens is 3. The van der Waals surface area contributed by atoms with Gasteiger partial charge in [-0.3, -0.25) is 9.48 Å². The number of hydrogen-bond donors (Lipinski definition) is 0. The summed E-state index contributed by atoms with van der Waals surface area (Å²) in [6, 6.07) is 0. The maximum absolute atomic E-state index is 12.2. The van der Waals surface area contributed by atoms with Gasteiger partial charge in [0.2, 0.25) is 0 Å². The lowest BCUT2D eigenvalue weighted by Gasteiger charge is -2.21. The molecule has 1 fully saturated rings. The second kappa shape index (κ2) is 5.05. The first-order chi connectivity index (χ1) is 8.47. The van der Waals surface area contributed by atoms with Gasteiger partial charge in [-0.25, -0.2) is 0 Å². The summed E-state index contributed by atoms with van der Waals surface area (Å²) in [5.74, 6) is -1.66. The molecule has 2 heterocycles. The van der Waals surface area contributed by atoms with E-state index in [0.717, 1.165) is 19.0 Å². The van der Waals surface area contributed by atoms with E-state index < -0.39 is 17.7 Å². The minimum Gasteiger partial charge on any atom is -0.381 e. The zero-order valence-electron chi connectivity index (χ0n) is 9.48. The van der Waals surface area contributed by atoms with Crippen LogP contribution in [0.5, 0.6) is 0 Å². The van der Waals surface area contributed by atoms with Gasteiger partial charge in [-0.1, -0.05) is 5.21 Å². The number of alkyl halides is 3. The summed E-state index contributed by atoms with van der Waals surface area (Å²) in [5.41, 5.74) is -0.658. The average molecular weight is 263 g/mol. The molecule has 1 aromatic heterocycles. The molecule has 100 valence electrons. The highest BCUT2D eigenvalue weighted by Gasteiger charge is 2.41. The fourth-order valence-electron chi connectivity index (χ4n) is 1.83. The van der Waals surface area contributed by atoms with Crippen molar-refractivity contribution in [2.24, 2.45) is 5.92 Å². The Labute approximate surface area is 101 Å². The molecule has 5 nitrogen and oxygen atoms in total. The van der Waals surface area contributed by atoms with E-state index in [4.69, 9.17) is 4.74 Å². The van der Waals surface area contributed by atoms with Crippen LogP contribution in [-0.4, -0.2) is 40.2 Å². The Hall–Kier alpha value is -1.44. The van der Waals surface area contributed by atoms with Crippen LogP contribution in [0.2, 0.25) is 0 Å². The van der Waals surface area contributed by atoms with E-state index >= 15 is 0 Å². The summed E-state index contributed by atoms with van der Waals surface area (Å²) in [6.45, 7) is 1.75. The van der Waals surface area contributed by atoms with Gasteiger partial charge in [0.1, 0.15) is 0 Å². The molecule has 0 amide bonds. The van der Waals surface area contributed by atoms with Crippen LogP contribution in [0, 0.1) is 5.92 Å². The molecule has 1 saturated heterocycles. The molecule has 1 aliphatic rings. The normalized spacial score (nSPS) is 17.9. The monoisotopic (exact) mass is 263 g/mol. The van der Waals surface area contributed by atoms with Crippen LogP contribution in [0.15, 0.2) is 6.20 Å². The van der Waals surface area contributed by atoms with Crippen molar-refractivity contribution in [3.63, 3.8) is 0 Å². The smallest absolute Gasteiger partial charge is 0.381 e. The molecule has 0 unspecified atom stereocenters. The van der Waals surface area contributed by atoms with Gasteiger partial charge in [0.05, 0.1) is 6.20 Å². The number of Topliss-reactive ketones (excluding diaryl/α,β-unsaturated/α-hetero) is 1. The van der Waals surface area contributed by atoms with E-state index in [0.29, 0.717) is 25.7 Å². The summed E-state index contributed by atoms with van der Waals surface area (Å²) >= 11 is 0. The average Bonchev–Trinajstić information content (AvgIpc) is 2.76. The van der Waals surface area contributed by atoms with Crippen LogP contribution in [-0.2, 0) is 11.3 Å². The summed E-state index contributed by atoms with van der Waals surface area (Å²) < 4.78 is 42.9. The highest BCUT2D eigenvalue weighted by molar-refractivity contribution is 5.98. The lowest BCUT2D eigenvalue weighted by Crippen LogP contribution is -2.23. The second-order valence-electron chi connectivity index (χ2n) is 4.21. The molecule has 0 spiro atoms. The lowest BCUT2D eigenvalue weighted by atomic mass is 10.0. The first kappa shape index (κ1) is 13.0. The van der Waals surface area contributed by atoms with Gasteiger partial charge in [-0.05, 0) is 18.8 Å². The van der Waals surface area contributed by atoms with Gasteiger partial charge < -0.3 is 4.74 Å². The van der Waals surface area contributed by atoms with E-state index in [1.54, 1.807) is 0 Å². The number of hydrogen-bond acceptors (Lipinski definition) is 4. The van der Waals surface area contributed by atoms with E-state index in [2.05, 4.69) is 10.3 Å². The molecule has 1 aromatic rings. The van der Waals surface area contributed by atoms with Gasteiger partial charge in [0, 0.05) is 19.8 Å². The van der Waals surface area contributed by atoms with Crippen molar-refractivity contribution in [1.82, 2.24) is 15.0 Å². The summed E-state index contributed by atoms with van der Waals surface area (Å²) in [4.78, 5) is 10.9. The largest absolute Gasteiger partial charge is 0.456 e. The SMILES string of the molecule is O=C(c1cn(CC2CCOCC2)nn1)C(F)(F)F. The Morgan fingerprint density at radius 3 is 2.72 bits per heavy atom. The van der Waals surface area contributed by atoms with Crippen molar-refractivity contribution in [2.75, 3.05) is 13.2 Å². The van der Waals surface area contributed by atoms with Crippen LogP contribution in [0.1, 0.15) is 23.3 Å². The number of nitrogens with zero attached hydrogens (tertiary/aromatic N) is 3. The van der Waals surface area contributed by atoms with Crippen LogP contribution >= 0.6 is 0 Å². The van der Waals surface area contributed by atoms with E-state index in [1.807, 2.05) is 0 Å². The fraction of sp³-hybridized carbons (Fsp3) is 0.700. The predicted molar refractivity (Wildman–Crippen MR) is 54.0 cm³/mol. The summed E-state index contributed by atoms with van der Waals surface area (Å²) in [6.07, 6.45) is -2.18. The van der Waals surface area contributed by atoms with E-state index in [9.17, 15) is 18.0 Å². The van der Waals surface area contributed by atoms with Crippen molar-refractivity contribution in [1.29, 1.82) is 0 Å². The maximum Gasteiger partial charge on any atom is 0.456 e. The minimum absolute atomic E-state index is 0.300. The Kier molecular flexibility index (Phi) is 3.65. The number of carbonyl (C=O) groups excluding carboxylic acids is 1. The number of carbonyl (C=O) groups is 1. The zero-order valence-corrected chi connectivity index (χ0v) is 9.48. The molecule has 1 aliphatic heterocycles.